The molecule has 0 spiro atoms. The molecule has 0 bridgehead atoms. The summed E-state index contributed by atoms with van der Waals surface area (Å²) in [5.41, 5.74) is 5.63. The maximum Gasteiger partial charge on any atom is 0.351 e. The van der Waals surface area contributed by atoms with Gasteiger partial charge in [0, 0.05) is 25.3 Å². The van der Waals surface area contributed by atoms with Crippen LogP contribution in [0, 0.1) is 0 Å². The molecule has 1 aliphatic rings. The SMILES string of the molecule is C=CC(OC)c1cn([C@H]2CC(O)[C@@H](CO)O2)c(=O)nc1N. The Labute approximate surface area is 121 Å². The van der Waals surface area contributed by atoms with Crippen LogP contribution in [0.2, 0.25) is 0 Å². The number of nitrogen functional groups attached to an aromatic ring is 1. The molecule has 1 aromatic heterocycles. The molecule has 0 aliphatic carbocycles. The monoisotopic (exact) mass is 297 g/mol. The molecule has 8 heteroatoms. The lowest BCUT2D eigenvalue weighted by Gasteiger charge is -2.18. The van der Waals surface area contributed by atoms with Gasteiger partial charge in [-0.05, 0) is 0 Å². The first-order valence-electron chi connectivity index (χ1n) is 6.50. The van der Waals surface area contributed by atoms with E-state index in [1.807, 2.05) is 0 Å². The second-order valence-corrected chi connectivity index (χ2v) is 4.78. The van der Waals surface area contributed by atoms with Crippen LogP contribution in [0.3, 0.4) is 0 Å². The number of aliphatic hydroxyl groups is 2. The predicted molar refractivity (Wildman–Crippen MR) is 74.5 cm³/mol. The summed E-state index contributed by atoms with van der Waals surface area (Å²) < 4.78 is 11.9. The number of anilines is 1. The predicted octanol–water partition coefficient (Wildman–Crippen LogP) is -0.660. The third kappa shape index (κ3) is 2.98. The van der Waals surface area contributed by atoms with Crippen LogP contribution in [0.15, 0.2) is 23.6 Å². The Bertz CT molecular complexity index is 573. The van der Waals surface area contributed by atoms with Crippen molar-refractivity contribution in [2.24, 2.45) is 0 Å². The number of ether oxygens (including phenoxy) is 2. The largest absolute Gasteiger partial charge is 0.394 e. The molecule has 1 aromatic rings. The number of nitrogens with two attached hydrogens (primary N) is 1. The molecule has 1 aliphatic heterocycles. The zero-order valence-corrected chi connectivity index (χ0v) is 11.7. The molecule has 2 rings (SSSR count). The van der Waals surface area contributed by atoms with Gasteiger partial charge >= 0.3 is 5.69 Å². The number of aromatic nitrogens is 2. The van der Waals surface area contributed by atoms with E-state index in [2.05, 4.69) is 11.6 Å². The van der Waals surface area contributed by atoms with E-state index in [1.165, 1.54) is 23.9 Å². The average molecular weight is 297 g/mol. The van der Waals surface area contributed by atoms with Gasteiger partial charge in [-0.15, -0.1) is 6.58 Å². The molecule has 1 saturated heterocycles. The first kappa shape index (κ1) is 15.6. The van der Waals surface area contributed by atoms with Crippen LogP contribution in [0.1, 0.15) is 24.3 Å². The summed E-state index contributed by atoms with van der Waals surface area (Å²) in [5, 5.41) is 18.8. The molecular formula is C13H19N3O5. The highest BCUT2D eigenvalue weighted by Crippen LogP contribution is 2.29. The summed E-state index contributed by atoms with van der Waals surface area (Å²) in [6, 6.07) is 0. The molecule has 0 amide bonds. The second kappa shape index (κ2) is 6.35. The summed E-state index contributed by atoms with van der Waals surface area (Å²) in [4.78, 5) is 15.7. The van der Waals surface area contributed by atoms with Gasteiger partial charge in [0.1, 0.15) is 24.3 Å². The van der Waals surface area contributed by atoms with Crippen LogP contribution in [-0.2, 0) is 9.47 Å². The van der Waals surface area contributed by atoms with E-state index in [0.717, 1.165) is 0 Å². The molecule has 2 unspecified atom stereocenters. The maximum absolute atomic E-state index is 12.0. The fourth-order valence-electron chi connectivity index (χ4n) is 2.32. The van der Waals surface area contributed by atoms with E-state index in [1.54, 1.807) is 0 Å². The number of hydrogen-bond acceptors (Lipinski definition) is 7. The Morgan fingerprint density at radius 2 is 2.48 bits per heavy atom. The topological polar surface area (TPSA) is 120 Å². The van der Waals surface area contributed by atoms with Crippen LogP contribution in [-0.4, -0.2) is 45.7 Å². The molecular weight excluding hydrogens is 278 g/mol. The van der Waals surface area contributed by atoms with Crippen molar-refractivity contribution in [3.8, 4) is 0 Å². The molecule has 0 saturated carbocycles. The average Bonchev–Trinajstić information content (AvgIpc) is 2.83. The maximum atomic E-state index is 12.0. The van der Waals surface area contributed by atoms with Crippen LogP contribution in [0.25, 0.3) is 0 Å². The summed E-state index contributed by atoms with van der Waals surface area (Å²) in [7, 11) is 1.48. The number of nitrogens with zero attached hydrogens (tertiary/aromatic N) is 2. The van der Waals surface area contributed by atoms with Crippen molar-refractivity contribution in [3.05, 3.63) is 34.9 Å². The Kier molecular flexibility index (Phi) is 4.73. The minimum Gasteiger partial charge on any atom is -0.394 e. The minimum absolute atomic E-state index is 0.0558. The molecule has 4 atom stereocenters. The molecule has 2 heterocycles. The number of hydrogen-bond donors (Lipinski definition) is 3. The van der Waals surface area contributed by atoms with Crippen LogP contribution >= 0.6 is 0 Å². The summed E-state index contributed by atoms with van der Waals surface area (Å²) in [6.45, 7) is 3.31. The summed E-state index contributed by atoms with van der Waals surface area (Å²) >= 11 is 0. The first-order valence-corrected chi connectivity index (χ1v) is 6.50. The normalized spacial score (nSPS) is 26.7. The smallest absolute Gasteiger partial charge is 0.351 e. The molecule has 0 radical (unpaired) electrons. The van der Waals surface area contributed by atoms with Gasteiger partial charge in [0.25, 0.3) is 0 Å². The van der Waals surface area contributed by atoms with Crippen molar-refractivity contribution in [1.29, 1.82) is 0 Å². The Hall–Kier alpha value is -1.74. The van der Waals surface area contributed by atoms with Crippen molar-refractivity contribution >= 4 is 5.82 Å². The summed E-state index contributed by atoms with van der Waals surface area (Å²) in [6.07, 6.45) is 0.414. The van der Waals surface area contributed by atoms with E-state index < -0.39 is 30.2 Å². The van der Waals surface area contributed by atoms with Gasteiger partial charge in [-0.3, -0.25) is 4.57 Å². The highest BCUT2D eigenvalue weighted by molar-refractivity contribution is 5.40. The molecule has 4 N–H and O–H groups in total. The van der Waals surface area contributed by atoms with Crippen molar-refractivity contribution < 1.29 is 19.7 Å². The lowest BCUT2D eigenvalue weighted by Crippen LogP contribution is -2.29. The van der Waals surface area contributed by atoms with Crippen molar-refractivity contribution in [2.75, 3.05) is 19.5 Å². The van der Waals surface area contributed by atoms with E-state index in [4.69, 9.17) is 20.3 Å². The Balaban J connectivity index is 2.39. The van der Waals surface area contributed by atoms with Crippen LogP contribution in [0.5, 0.6) is 0 Å². The molecule has 8 nitrogen and oxygen atoms in total. The van der Waals surface area contributed by atoms with Gasteiger partial charge in [0.05, 0.1) is 12.7 Å². The second-order valence-electron chi connectivity index (χ2n) is 4.78. The third-order valence-corrected chi connectivity index (χ3v) is 3.48. The van der Waals surface area contributed by atoms with E-state index >= 15 is 0 Å². The van der Waals surface area contributed by atoms with Gasteiger partial charge in [-0.1, -0.05) is 6.08 Å². The molecule has 21 heavy (non-hydrogen) atoms. The Morgan fingerprint density at radius 1 is 1.76 bits per heavy atom. The Morgan fingerprint density at radius 3 is 3.00 bits per heavy atom. The standard InChI is InChI=1S/C13H19N3O5/c1-3-9(20-2)7-5-16(13(19)15-12(7)14)11-4-8(18)10(6-17)21-11/h3,5,8-11,17-18H,1,4,6H2,2H3,(H2,14,15,19)/t8?,9?,10-,11-/m1/s1. The van der Waals surface area contributed by atoms with Gasteiger partial charge < -0.3 is 25.4 Å². The molecule has 1 fully saturated rings. The fraction of sp³-hybridized carbons (Fsp3) is 0.538. The van der Waals surface area contributed by atoms with Crippen molar-refractivity contribution in [2.45, 2.75) is 31.0 Å². The number of rotatable bonds is 5. The van der Waals surface area contributed by atoms with E-state index in [9.17, 15) is 9.90 Å². The quantitative estimate of drug-likeness (QED) is 0.617. The zero-order chi connectivity index (χ0) is 15.6. The first-order chi connectivity index (χ1) is 10.0. The zero-order valence-electron chi connectivity index (χ0n) is 11.7. The number of aliphatic hydroxyl groups excluding tert-OH is 2. The van der Waals surface area contributed by atoms with Crippen molar-refractivity contribution in [3.63, 3.8) is 0 Å². The van der Waals surface area contributed by atoms with Crippen LogP contribution in [0.4, 0.5) is 5.82 Å². The van der Waals surface area contributed by atoms with Gasteiger partial charge in [-0.2, -0.15) is 4.98 Å². The molecule has 116 valence electrons. The van der Waals surface area contributed by atoms with Gasteiger partial charge in [0.2, 0.25) is 0 Å². The highest BCUT2D eigenvalue weighted by Gasteiger charge is 2.35. The van der Waals surface area contributed by atoms with Gasteiger partial charge in [0.15, 0.2) is 0 Å². The highest BCUT2D eigenvalue weighted by atomic mass is 16.5. The van der Waals surface area contributed by atoms with E-state index in [0.29, 0.717) is 5.56 Å². The van der Waals surface area contributed by atoms with Crippen LogP contribution < -0.4 is 11.4 Å². The third-order valence-electron chi connectivity index (χ3n) is 3.48. The van der Waals surface area contributed by atoms with E-state index in [-0.39, 0.29) is 18.8 Å². The summed E-state index contributed by atoms with van der Waals surface area (Å²) in [5.74, 6) is 0.0558. The van der Waals surface area contributed by atoms with Gasteiger partial charge in [-0.25, -0.2) is 4.79 Å². The fourth-order valence-corrected chi connectivity index (χ4v) is 2.32. The molecule has 0 aromatic carbocycles. The van der Waals surface area contributed by atoms with Crippen molar-refractivity contribution in [1.82, 2.24) is 9.55 Å². The number of methoxy groups -OCH3 is 1. The minimum atomic E-state index is -0.842. The lowest BCUT2D eigenvalue weighted by molar-refractivity contribution is -0.0460. The lowest BCUT2D eigenvalue weighted by atomic mass is 10.1.